The second-order valence-corrected chi connectivity index (χ2v) is 4.61. The van der Waals surface area contributed by atoms with Gasteiger partial charge in [-0.05, 0) is 30.4 Å². The van der Waals surface area contributed by atoms with Crippen molar-refractivity contribution in [2.45, 2.75) is 0 Å². The predicted molar refractivity (Wildman–Crippen MR) is 83.4 cm³/mol. The van der Waals surface area contributed by atoms with Crippen molar-refractivity contribution in [3.63, 3.8) is 0 Å². The van der Waals surface area contributed by atoms with Gasteiger partial charge in [0.15, 0.2) is 0 Å². The highest BCUT2D eigenvalue weighted by atomic mass is 16.4. The molecule has 1 N–H and O–H groups in total. The van der Waals surface area contributed by atoms with Crippen LogP contribution in [0.2, 0.25) is 0 Å². The number of carbonyl (C=O) groups is 1. The summed E-state index contributed by atoms with van der Waals surface area (Å²) >= 11 is 0. The average molecular weight is 282 g/mol. The van der Waals surface area contributed by atoms with Crippen molar-refractivity contribution in [1.29, 1.82) is 0 Å². The minimum Gasteiger partial charge on any atom is -0.478 e. The van der Waals surface area contributed by atoms with E-state index in [1.165, 1.54) is 0 Å². The third kappa shape index (κ3) is 2.69. The molecular weight excluding hydrogens is 268 g/mol. The Kier molecular flexibility index (Phi) is 3.51. The molecular formula is C15H14N4O2. The summed E-state index contributed by atoms with van der Waals surface area (Å²) in [7, 11) is 0. The molecule has 106 valence electrons. The molecule has 0 atom stereocenters. The van der Waals surface area contributed by atoms with Crippen LogP contribution in [0.25, 0.3) is 0 Å². The summed E-state index contributed by atoms with van der Waals surface area (Å²) in [5.41, 5.74) is 1.95. The van der Waals surface area contributed by atoms with Gasteiger partial charge in [0, 0.05) is 25.5 Å². The number of benzene rings is 1. The summed E-state index contributed by atoms with van der Waals surface area (Å²) in [5, 5.41) is 9.19. The van der Waals surface area contributed by atoms with Gasteiger partial charge in [0.1, 0.15) is 0 Å². The highest BCUT2D eigenvalue weighted by Crippen LogP contribution is 2.30. The molecule has 0 spiro atoms. The fourth-order valence-corrected chi connectivity index (χ4v) is 2.23. The van der Waals surface area contributed by atoms with Crippen LogP contribution in [-0.4, -0.2) is 36.8 Å². The van der Waals surface area contributed by atoms with Gasteiger partial charge in [0.25, 0.3) is 0 Å². The van der Waals surface area contributed by atoms with Crippen molar-refractivity contribution in [3.8, 4) is 0 Å². The van der Waals surface area contributed by atoms with Crippen molar-refractivity contribution < 1.29 is 9.90 Å². The lowest BCUT2D eigenvalue weighted by Crippen LogP contribution is -2.29. The molecule has 2 aliphatic rings. The lowest BCUT2D eigenvalue weighted by atomic mass is 10.1. The summed E-state index contributed by atoms with van der Waals surface area (Å²) in [6.07, 6.45) is 10.8. The van der Waals surface area contributed by atoms with Crippen molar-refractivity contribution in [3.05, 3.63) is 48.3 Å². The Hall–Kier alpha value is -2.89. The Morgan fingerprint density at radius 1 is 1.00 bits per heavy atom. The van der Waals surface area contributed by atoms with Crippen LogP contribution in [0.5, 0.6) is 0 Å². The predicted octanol–water partition coefficient (Wildman–Crippen LogP) is 2.11. The fraction of sp³-hybridized carbons (Fsp3) is 0.133. The Morgan fingerprint density at radius 2 is 1.62 bits per heavy atom. The molecule has 0 saturated heterocycles. The van der Waals surface area contributed by atoms with Gasteiger partial charge in [-0.2, -0.15) is 0 Å². The van der Waals surface area contributed by atoms with Crippen molar-refractivity contribution in [2.24, 2.45) is 9.98 Å². The van der Waals surface area contributed by atoms with Gasteiger partial charge in [-0.25, -0.2) is 14.8 Å². The quantitative estimate of drug-likeness (QED) is 0.922. The molecule has 21 heavy (non-hydrogen) atoms. The maximum atomic E-state index is 11.2. The van der Waals surface area contributed by atoms with E-state index in [1.807, 2.05) is 22.0 Å². The maximum Gasteiger partial charge on any atom is 0.335 e. The van der Waals surface area contributed by atoms with Crippen LogP contribution in [0.3, 0.4) is 0 Å². The first kappa shape index (κ1) is 13.1. The zero-order valence-corrected chi connectivity index (χ0v) is 11.3. The number of aromatic carboxylic acids is 1. The lowest BCUT2D eigenvalue weighted by molar-refractivity contribution is 0.0697. The van der Waals surface area contributed by atoms with Crippen LogP contribution in [-0.2, 0) is 0 Å². The van der Waals surface area contributed by atoms with Crippen LogP contribution in [0, 0.1) is 0 Å². The Morgan fingerprint density at radius 3 is 2.14 bits per heavy atom. The molecule has 0 aliphatic carbocycles. The summed E-state index contributed by atoms with van der Waals surface area (Å²) in [5.74, 6) is -0.945. The Balaban J connectivity index is 2.03. The van der Waals surface area contributed by atoms with Crippen molar-refractivity contribution in [2.75, 3.05) is 22.9 Å². The second kappa shape index (κ2) is 5.62. The molecule has 0 aromatic heterocycles. The summed E-state index contributed by atoms with van der Waals surface area (Å²) in [4.78, 5) is 23.3. The first-order chi connectivity index (χ1) is 10.3. The minimum atomic E-state index is -0.945. The van der Waals surface area contributed by atoms with Gasteiger partial charge in [0.05, 0.1) is 29.6 Å². The molecule has 0 bridgehead atoms. The third-order valence-corrected chi connectivity index (χ3v) is 3.24. The van der Waals surface area contributed by atoms with Crippen LogP contribution in [0.4, 0.5) is 11.4 Å². The minimum absolute atomic E-state index is 0.251. The fourth-order valence-electron chi connectivity index (χ4n) is 2.23. The van der Waals surface area contributed by atoms with Gasteiger partial charge >= 0.3 is 5.97 Å². The third-order valence-electron chi connectivity index (χ3n) is 3.24. The van der Waals surface area contributed by atoms with Crippen LogP contribution in [0.1, 0.15) is 10.4 Å². The molecule has 6 heteroatoms. The zero-order valence-electron chi connectivity index (χ0n) is 11.3. The van der Waals surface area contributed by atoms with Gasteiger partial charge < -0.3 is 14.9 Å². The number of hydrogen-bond acceptors (Lipinski definition) is 5. The number of carboxylic acid groups (broad SMARTS) is 1. The maximum absolute atomic E-state index is 11.2. The molecule has 6 nitrogen and oxygen atoms in total. The van der Waals surface area contributed by atoms with Gasteiger partial charge in [-0.15, -0.1) is 0 Å². The standard InChI is InChI=1S/C15H14N4O2/c20-15(21)12-3-4-13(18-7-1-5-16-10-18)14(9-12)19-8-2-6-17-11-19/h1-6,9-11H,7-8H2,(H,20,21). The van der Waals surface area contributed by atoms with E-state index in [9.17, 15) is 9.90 Å². The molecule has 1 aromatic rings. The van der Waals surface area contributed by atoms with E-state index in [2.05, 4.69) is 9.98 Å². The number of nitrogens with zero attached hydrogens (tertiary/aromatic N) is 4. The number of hydrogen-bond donors (Lipinski definition) is 1. The van der Waals surface area contributed by atoms with Crippen molar-refractivity contribution in [1.82, 2.24) is 0 Å². The smallest absolute Gasteiger partial charge is 0.335 e. The van der Waals surface area contributed by atoms with Crippen LogP contribution in [0.15, 0.2) is 52.7 Å². The zero-order chi connectivity index (χ0) is 14.7. The largest absolute Gasteiger partial charge is 0.478 e. The average Bonchev–Trinajstić information content (AvgIpc) is 2.56. The molecule has 3 rings (SSSR count). The van der Waals surface area contributed by atoms with E-state index in [4.69, 9.17) is 0 Å². The van der Waals surface area contributed by atoms with Crippen LogP contribution >= 0.6 is 0 Å². The van der Waals surface area contributed by atoms with Gasteiger partial charge in [-0.1, -0.05) is 0 Å². The first-order valence-electron chi connectivity index (χ1n) is 6.53. The number of anilines is 2. The number of aliphatic imine (C=N–C) groups is 2. The number of carboxylic acids is 1. The van der Waals surface area contributed by atoms with E-state index in [0.717, 1.165) is 11.4 Å². The van der Waals surface area contributed by atoms with E-state index in [-0.39, 0.29) is 5.56 Å². The lowest BCUT2D eigenvalue weighted by Gasteiger charge is -2.28. The van der Waals surface area contributed by atoms with E-state index in [0.29, 0.717) is 13.1 Å². The SMILES string of the molecule is O=C(O)c1ccc(N2C=NC=CC2)c(N2C=NC=CC2)c1. The molecule has 0 unspecified atom stereocenters. The van der Waals surface area contributed by atoms with Gasteiger partial charge in [0.2, 0.25) is 0 Å². The molecule has 0 radical (unpaired) electrons. The monoisotopic (exact) mass is 282 g/mol. The molecule has 2 heterocycles. The molecule has 0 amide bonds. The van der Waals surface area contributed by atoms with E-state index < -0.39 is 5.97 Å². The Labute approximate surface area is 122 Å². The van der Waals surface area contributed by atoms with Crippen molar-refractivity contribution >= 4 is 30.0 Å². The molecule has 2 aliphatic heterocycles. The second-order valence-electron chi connectivity index (χ2n) is 4.61. The highest BCUT2D eigenvalue weighted by Gasteiger charge is 2.17. The molecule has 0 saturated carbocycles. The van der Waals surface area contributed by atoms with E-state index >= 15 is 0 Å². The highest BCUT2D eigenvalue weighted by molar-refractivity contribution is 5.97. The summed E-state index contributed by atoms with van der Waals surface area (Å²) in [6, 6.07) is 5.06. The normalized spacial score (nSPS) is 16.6. The van der Waals surface area contributed by atoms with E-state index in [1.54, 1.807) is 43.3 Å². The summed E-state index contributed by atoms with van der Waals surface area (Å²) < 4.78 is 0. The first-order valence-corrected chi connectivity index (χ1v) is 6.53. The molecule has 1 aromatic carbocycles. The topological polar surface area (TPSA) is 68.5 Å². The summed E-state index contributed by atoms with van der Waals surface area (Å²) in [6.45, 7) is 1.35. The molecule has 0 fully saturated rings. The van der Waals surface area contributed by atoms with Crippen LogP contribution < -0.4 is 9.80 Å². The Bertz CT molecular complexity index is 676. The van der Waals surface area contributed by atoms with Gasteiger partial charge in [-0.3, -0.25) is 0 Å². The number of rotatable bonds is 3.